The summed E-state index contributed by atoms with van der Waals surface area (Å²) in [6.45, 7) is 0. The smallest absolute Gasteiger partial charge is 0.148 e. The molecule has 0 aliphatic carbocycles. The van der Waals surface area contributed by atoms with Crippen molar-refractivity contribution in [2.24, 2.45) is 10.2 Å². The third-order valence-electron chi connectivity index (χ3n) is 3.30. The van der Waals surface area contributed by atoms with Gasteiger partial charge in [-0.25, -0.2) is 4.98 Å². The van der Waals surface area contributed by atoms with Gasteiger partial charge in [-0.2, -0.15) is 5.11 Å². The Morgan fingerprint density at radius 1 is 1.09 bits per heavy atom. The summed E-state index contributed by atoms with van der Waals surface area (Å²) in [4.78, 5) is 3.99. The molecule has 0 radical (unpaired) electrons. The molecule has 0 aliphatic rings. The molecular weight excluding hydrogens is 298 g/mol. The number of nitrogen functional groups attached to an aromatic ring is 1. The molecule has 2 N–H and O–H groups in total. The van der Waals surface area contributed by atoms with Crippen LogP contribution in [0, 0.1) is 5.21 Å². The van der Waals surface area contributed by atoms with Crippen LogP contribution in [0.3, 0.4) is 0 Å². The summed E-state index contributed by atoms with van der Waals surface area (Å²) in [7, 11) is 3.04. The second kappa shape index (κ2) is 5.84. The largest absolute Gasteiger partial charge is 0.805 e. The number of nitrogens with two attached hydrogens (primary N) is 1. The van der Waals surface area contributed by atoms with Crippen molar-refractivity contribution in [1.29, 1.82) is 0 Å². The van der Waals surface area contributed by atoms with E-state index >= 15 is 0 Å². The molecule has 2 aromatic carbocycles. The number of anilines is 1. The molecule has 0 aliphatic heterocycles. The van der Waals surface area contributed by atoms with Crippen LogP contribution < -0.4 is 15.2 Å². The maximum Gasteiger partial charge on any atom is 0.148 e. The maximum atomic E-state index is 11.4. The molecule has 8 nitrogen and oxygen atoms in total. The SMILES string of the molecule is COc1cc(N=Nc2ccc3c(c2)ncn3[O-])c(OC)cc1N. The van der Waals surface area contributed by atoms with Gasteiger partial charge in [-0.1, -0.05) is 0 Å². The van der Waals surface area contributed by atoms with E-state index < -0.39 is 0 Å². The topological polar surface area (TPSA) is 110 Å². The van der Waals surface area contributed by atoms with Crippen molar-refractivity contribution in [3.05, 3.63) is 41.9 Å². The zero-order chi connectivity index (χ0) is 16.4. The highest BCUT2D eigenvalue weighted by atomic mass is 16.5. The van der Waals surface area contributed by atoms with E-state index in [4.69, 9.17) is 15.2 Å². The van der Waals surface area contributed by atoms with Crippen LogP contribution >= 0.6 is 0 Å². The molecule has 23 heavy (non-hydrogen) atoms. The van der Waals surface area contributed by atoms with Crippen molar-refractivity contribution in [2.75, 3.05) is 20.0 Å². The minimum atomic E-state index is 0.450. The standard InChI is InChI=1S/C15H14N5O3/c1-22-14-7-12(15(23-2)6-10(14)16)19-18-9-3-4-13-11(5-9)17-8-20(13)21/h3-8H,16H2,1-2H3/q-1. The first-order chi connectivity index (χ1) is 11.1. The van der Waals surface area contributed by atoms with E-state index in [1.807, 2.05) is 0 Å². The summed E-state index contributed by atoms with van der Waals surface area (Å²) in [5.41, 5.74) is 8.36. The second-order valence-electron chi connectivity index (χ2n) is 4.71. The number of benzene rings is 2. The molecule has 3 rings (SSSR count). The second-order valence-corrected chi connectivity index (χ2v) is 4.71. The molecule has 0 amide bonds. The Bertz CT molecular complexity index is 888. The van der Waals surface area contributed by atoms with Crippen LogP contribution in [-0.2, 0) is 0 Å². The Balaban J connectivity index is 1.97. The van der Waals surface area contributed by atoms with Gasteiger partial charge in [-0.15, -0.1) is 5.11 Å². The summed E-state index contributed by atoms with van der Waals surface area (Å²) in [5, 5.41) is 19.7. The summed E-state index contributed by atoms with van der Waals surface area (Å²) >= 11 is 0. The molecule has 0 saturated carbocycles. The number of ether oxygens (including phenoxy) is 2. The van der Waals surface area contributed by atoms with Crippen LogP contribution in [0.4, 0.5) is 17.1 Å². The van der Waals surface area contributed by atoms with Crippen LogP contribution in [0.15, 0.2) is 46.9 Å². The summed E-state index contributed by atoms with van der Waals surface area (Å²) < 4.78 is 11.1. The Hall–Kier alpha value is -3.29. The molecule has 3 aromatic rings. The third kappa shape index (κ3) is 2.73. The number of hydrogen-bond acceptors (Lipinski definition) is 7. The molecule has 0 unspecified atom stereocenters. The predicted molar refractivity (Wildman–Crippen MR) is 86.6 cm³/mol. The van der Waals surface area contributed by atoms with Crippen molar-refractivity contribution >= 4 is 28.1 Å². The van der Waals surface area contributed by atoms with Gasteiger partial charge in [0, 0.05) is 12.1 Å². The van der Waals surface area contributed by atoms with Gasteiger partial charge in [0.25, 0.3) is 0 Å². The van der Waals surface area contributed by atoms with Crippen molar-refractivity contribution in [1.82, 2.24) is 9.71 Å². The van der Waals surface area contributed by atoms with Crippen LogP contribution in [0.2, 0.25) is 0 Å². The summed E-state index contributed by atoms with van der Waals surface area (Å²) in [5.74, 6) is 0.970. The van der Waals surface area contributed by atoms with Gasteiger partial charge in [-0.05, 0) is 18.2 Å². The van der Waals surface area contributed by atoms with Gasteiger partial charge >= 0.3 is 0 Å². The van der Waals surface area contributed by atoms with Gasteiger partial charge in [0.15, 0.2) is 0 Å². The fourth-order valence-corrected chi connectivity index (χ4v) is 2.14. The molecule has 0 atom stereocenters. The van der Waals surface area contributed by atoms with E-state index in [0.717, 1.165) is 0 Å². The van der Waals surface area contributed by atoms with Crippen molar-refractivity contribution < 1.29 is 9.47 Å². The van der Waals surface area contributed by atoms with Crippen LogP contribution in [0.5, 0.6) is 11.5 Å². The zero-order valence-corrected chi connectivity index (χ0v) is 12.6. The first-order valence-corrected chi connectivity index (χ1v) is 6.70. The summed E-state index contributed by atoms with van der Waals surface area (Å²) in [6, 6.07) is 8.26. The molecule has 8 heteroatoms. The minimum absolute atomic E-state index is 0.450. The van der Waals surface area contributed by atoms with Gasteiger partial charge < -0.3 is 25.1 Å². The van der Waals surface area contributed by atoms with E-state index in [9.17, 15) is 5.21 Å². The monoisotopic (exact) mass is 312 g/mol. The Morgan fingerprint density at radius 3 is 2.61 bits per heavy atom. The highest BCUT2D eigenvalue weighted by Crippen LogP contribution is 2.37. The van der Waals surface area contributed by atoms with E-state index in [1.54, 1.807) is 30.3 Å². The lowest BCUT2D eigenvalue weighted by Gasteiger charge is -2.09. The number of nitrogens with zero attached hydrogens (tertiary/aromatic N) is 4. The lowest BCUT2D eigenvalue weighted by molar-refractivity contribution is 0.406. The van der Waals surface area contributed by atoms with Crippen molar-refractivity contribution in [2.45, 2.75) is 0 Å². The average molecular weight is 312 g/mol. The molecule has 1 aromatic heterocycles. The van der Waals surface area contributed by atoms with E-state index in [0.29, 0.717) is 44.3 Å². The van der Waals surface area contributed by atoms with Gasteiger partial charge in [0.2, 0.25) is 0 Å². The molecule has 118 valence electrons. The highest BCUT2D eigenvalue weighted by molar-refractivity contribution is 5.79. The molecule has 0 saturated heterocycles. The van der Waals surface area contributed by atoms with E-state index in [2.05, 4.69) is 15.2 Å². The predicted octanol–water partition coefficient (Wildman–Crippen LogP) is 3.40. The number of rotatable bonds is 4. The zero-order valence-electron chi connectivity index (χ0n) is 12.6. The van der Waals surface area contributed by atoms with Crippen LogP contribution in [0.25, 0.3) is 11.0 Å². The summed E-state index contributed by atoms with van der Waals surface area (Å²) in [6.07, 6.45) is 1.21. The Labute approximate surface area is 131 Å². The number of imidazole rings is 1. The normalized spacial score (nSPS) is 11.2. The van der Waals surface area contributed by atoms with Crippen molar-refractivity contribution in [3.63, 3.8) is 0 Å². The minimum Gasteiger partial charge on any atom is -0.805 e. The Kier molecular flexibility index (Phi) is 3.71. The fourth-order valence-electron chi connectivity index (χ4n) is 2.14. The average Bonchev–Trinajstić information content (AvgIpc) is 2.94. The van der Waals surface area contributed by atoms with Gasteiger partial charge in [0.05, 0.1) is 43.0 Å². The fraction of sp³-hybridized carbons (Fsp3) is 0.133. The number of methoxy groups -OCH3 is 2. The first-order valence-electron chi connectivity index (χ1n) is 6.70. The molecule has 0 bridgehead atoms. The van der Waals surface area contributed by atoms with Gasteiger partial charge in [-0.3, -0.25) is 0 Å². The third-order valence-corrected chi connectivity index (χ3v) is 3.30. The van der Waals surface area contributed by atoms with E-state index in [-0.39, 0.29) is 0 Å². The molecular formula is C15H14N5O3-. The quantitative estimate of drug-likeness (QED) is 0.586. The van der Waals surface area contributed by atoms with Crippen LogP contribution in [0.1, 0.15) is 0 Å². The van der Waals surface area contributed by atoms with Gasteiger partial charge in [0.1, 0.15) is 17.2 Å². The number of hydrogen-bond donors (Lipinski definition) is 1. The Morgan fingerprint density at radius 2 is 1.87 bits per heavy atom. The number of aromatic nitrogens is 2. The number of fused-ring (bicyclic) bond motifs is 1. The molecule has 1 heterocycles. The van der Waals surface area contributed by atoms with E-state index in [1.165, 1.54) is 20.5 Å². The van der Waals surface area contributed by atoms with Crippen molar-refractivity contribution in [3.8, 4) is 11.5 Å². The highest BCUT2D eigenvalue weighted by Gasteiger charge is 2.09. The molecule has 0 fully saturated rings. The lowest BCUT2D eigenvalue weighted by Crippen LogP contribution is -1.93. The number of azo groups is 1. The maximum absolute atomic E-state index is 11.4. The lowest BCUT2D eigenvalue weighted by atomic mass is 10.2. The molecule has 0 spiro atoms. The first kappa shape index (κ1) is 14.6. The van der Waals surface area contributed by atoms with Crippen LogP contribution in [-0.4, -0.2) is 23.9 Å².